The first-order valence-corrected chi connectivity index (χ1v) is 6.00. The second-order valence-electron chi connectivity index (χ2n) is 4.02. The zero-order valence-electron chi connectivity index (χ0n) is 11.1. The third-order valence-corrected chi connectivity index (χ3v) is 2.27. The highest BCUT2D eigenvalue weighted by molar-refractivity contribution is 5.90. The number of nitrogens with zero attached hydrogens (tertiary/aromatic N) is 2. The predicted molar refractivity (Wildman–Crippen MR) is 68.5 cm³/mol. The van der Waals surface area contributed by atoms with Gasteiger partial charge in [-0.25, -0.2) is 5.10 Å². The van der Waals surface area contributed by atoms with Crippen molar-refractivity contribution in [1.29, 1.82) is 0 Å². The Morgan fingerprint density at radius 3 is 2.50 bits per heavy atom. The SMILES string of the molecule is O=C(COc1ccccc1OCC(F)(F)F)Nc1ncn[nH]1. The van der Waals surface area contributed by atoms with Gasteiger partial charge in [-0.2, -0.15) is 23.3 Å². The van der Waals surface area contributed by atoms with Gasteiger partial charge in [0.05, 0.1) is 0 Å². The van der Waals surface area contributed by atoms with Gasteiger partial charge in [0, 0.05) is 0 Å². The molecule has 118 valence electrons. The van der Waals surface area contributed by atoms with E-state index in [0.29, 0.717) is 0 Å². The van der Waals surface area contributed by atoms with Gasteiger partial charge in [0.15, 0.2) is 24.7 Å². The van der Waals surface area contributed by atoms with E-state index in [-0.39, 0.29) is 17.4 Å². The molecule has 7 nitrogen and oxygen atoms in total. The minimum atomic E-state index is -4.46. The number of nitrogens with one attached hydrogen (secondary N) is 2. The van der Waals surface area contributed by atoms with E-state index in [2.05, 4.69) is 25.2 Å². The largest absolute Gasteiger partial charge is 0.480 e. The Balaban J connectivity index is 1.90. The highest BCUT2D eigenvalue weighted by atomic mass is 19.4. The summed E-state index contributed by atoms with van der Waals surface area (Å²) < 4.78 is 46.2. The molecule has 2 N–H and O–H groups in total. The minimum absolute atomic E-state index is 0.0273. The highest BCUT2D eigenvalue weighted by Gasteiger charge is 2.29. The Morgan fingerprint density at radius 1 is 1.23 bits per heavy atom. The first-order valence-electron chi connectivity index (χ1n) is 6.00. The van der Waals surface area contributed by atoms with Crippen molar-refractivity contribution in [3.8, 4) is 11.5 Å². The van der Waals surface area contributed by atoms with Crippen LogP contribution in [0, 0.1) is 0 Å². The number of hydrogen-bond acceptors (Lipinski definition) is 5. The summed E-state index contributed by atoms with van der Waals surface area (Å²) in [5.74, 6) is -0.496. The average Bonchev–Trinajstić information content (AvgIpc) is 2.96. The Labute approximate surface area is 122 Å². The number of anilines is 1. The van der Waals surface area contributed by atoms with Crippen molar-refractivity contribution in [2.45, 2.75) is 6.18 Å². The van der Waals surface area contributed by atoms with E-state index in [0.717, 1.165) is 0 Å². The Hall–Kier alpha value is -2.78. The maximum absolute atomic E-state index is 12.2. The van der Waals surface area contributed by atoms with Crippen molar-refractivity contribution >= 4 is 11.9 Å². The van der Waals surface area contributed by atoms with Crippen LogP contribution in [-0.2, 0) is 4.79 Å². The lowest BCUT2D eigenvalue weighted by Crippen LogP contribution is -2.22. The summed E-state index contributed by atoms with van der Waals surface area (Å²) in [4.78, 5) is 15.2. The fourth-order valence-corrected chi connectivity index (χ4v) is 1.43. The average molecular weight is 316 g/mol. The fourth-order valence-electron chi connectivity index (χ4n) is 1.43. The molecular weight excluding hydrogens is 305 g/mol. The van der Waals surface area contributed by atoms with E-state index in [9.17, 15) is 18.0 Å². The molecule has 1 heterocycles. The summed E-state index contributed by atoms with van der Waals surface area (Å²) in [5.41, 5.74) is 0. The number of aromatic nitrogens is 3. The van der Waals surface area contributed by atoms with E-state index >= 15 is 0 Å². The van der Waals surface area contributed by atoms with Gasteiger partial charge in [0.1, 0.15) is 6.33 Å². The lowest BCUT2D eigenvalue weighted by Gasteiger charge is -2.13. The van der Waals surface area contributed by atoms with Crippen molar-refractivity contribution < 1.29 is 27.4 Å². The van der Waals surface area contributed by atoms with E-state index in [1.54, 1.807) is 6.07 Å². The Bertz CT molecular complexity index is 616. The highest BCUT2D eigenvalue weighted by Crippen LogP contribution is 2.28. The van der Waals surface area contributed by atoms with E-state index in [1.165, 1.54) is 24.5 Å². The summed E-state index contributed by atoms with van der Waals surface area (Å²) in [5, 5.41) is 8.31. The number of hydrogen-bond donors (Lipinski definition) is 2. The van der Waals surface area contributed by atoms with Crippen molar-refractivity contribution in [3.63, 3.8) is 0 Å². The monoisotopic (exact) mass is 316 g/mol. The summed E-state index contributed by atoms with van der Waals surface area (Å²) in [6, 6.07) is 5.75. The zero-order valence-corrected chi connectivity index (χ0v) is 11.1. The second kappa shape index (κ2) is 6.78. The number of para-hydroxylation sites is 2. The normalized spacial score (nSPS) is 11.0. The smallest absolute Gasteiger partial charge is 0.422 e. The molecule has 10 heteroatoms. The van der Waals surface area contributed by atoms with Gasteiger partial charge in [-0.15, -0.1) is 0 Å². The van der Waals surface area contributed by atoms with Crippen LogP contribution in [0.1, 0.15) is 0 Å². The first kappa shape index (κ1) is 15.6. The lowest BCUT2D eigenvalue weighted by molar-refractivity contribution is -0.153. The molecule has 2 rings (SSSR count). The maximum atomic E-state index is 12.2. The van der Waals surface area contributed by atoms with Crippen LogP contribution in [-0.4, -0.2) is 40.5 Å². The number of H-pyrrole nitrogens is 1. The Morgan fingerprint density at radius 2 is 1.91 bits per heavy atom. The van der Waals surface area contributed by atoms with Gasteiger partial charge < -0.3 is 9.47 Å². The number of alkyl halides is 3. The van der Waals surface area contributed by atoms with E-state index in [4.69, 9.17) is 4.74 Å². The van der Waals surface area contributed by atoms with Crippen LogP contribution in [0.2, 0.25) is 0 Å². The molecule has 0 unspecified atom stereocenters. The molecule has 0 saturated heterocycles. The third kappa shape index (κ3) is 4.96. The molecule has 0 bridgehead atoms. The third-order valence-electron chi connectivity index (χ3n) is 2.27. The number of aromatic amines is 1. The quantitative estimate of drug-likeness (QED) is 0.848. The van der Waals surface area contributed by atoms with Crippen LogP contribution in [0.15, 0.2) is 30.6 Å². The molecule has 0 aliphatic carbocycles. The first-order chi connectivity index (χ1) is 10.4. The molecule has 1 amide bonds. The number of carbonyl (C=O) groups excluding carboxylic acids is 1. The molecule has 0 aliphatic heterocycles. The summed E-state index contributed by atoms with van der Waals surface area (Å²) in [6.07, 6.45) is -3.26. The molecular formula is C12H11F3N4O3. The van der Waals surface area contributed by atoms with Crippen LogP contribution >= 0.6 is 0 Å². The van der Waals surface area contributed by atoms with Crippen LogP contribution in [0.5, 0.6) is 11.5 Å². The lowest BCUT2D eigenvalue weighted by atomic mass is 10.3. The number of halogens is 3. The number of amides is 1. The van der Waals surface area contributed by atoms with Crippen molar-refractivity contribution in [2.75, 3.05) is 18.5 Å². The Kier molecular flexibility index (Phi) is 4.81. The number of carbonyl (C=O) groups is 1. The summed E-state index contributed by atoms with van der Waals surface area (Å²) in [6.45, 7) is -1.87. The van der Waals surface area contributed by atoms with Gasteiger partial charge >= 0.3 is 6.18 Å². The van der Waals surface area contributed by atoms with Gasteiger partial charge in [0.25, 0.3) is 5.91 Å². The molecule has 0 saturated carbocycles. The predicted octanol–water partition coefficient (Wildman–Crippen LogP) is 1.76. The molecule has 1 aromatic heterocycles. The molecule has 22 heavy (non-hydrogen) atoms. The zero-order chi connectivity index (χ0) is 16.0. The summed E-state index contributed by atoms with van der Waals surface area (Å²) >= 11 is 0. The van der Waals surface area contributed by atoms with Crippen molar-refractivity contribution in [3.05, 3.63) is 30.6 Å². The van der Waals surface area contributed by atoms with Gasteiger partial charge in [0.2, 0.25) is 5.95 Å². The molecule has 0 radical (unpaired) electrons. The molecule has 0 fully saturated rings. The number of ether oxygens (including phenoxy) is 2. The van der Waals surface area contributed by atoms with Gasteiger partial charge in [-0.3, -0.25) is 10.1 Å². The van der Waals surface area contributed by atoms with Crippen LogP contribution in [0.4, 0.5) is 19.1 Å². The van der Waals surface area contributed by atoms with Crippen LogP contribution in [0.3, 0.4) is 0 Å². The minimum Gasteiger partial charge on any atom is -0.480 e. The van der Waals surface area contributed by atoms with Crippen LogP contribution in [0.25, 0.3) is 0 Å². The maximum Gasteiger partial charge on any atom is 0.422 e. The molecule has 0 aliphatic rings. The van der Waals surface area contributed by atoms with Gasteiger partial charge in [-0.05, 0) is 12.1 Å². The van der Waals surface area contributed by atoms with E-state index in [1.807, 2.05) is 0 Å². The standard InChI is InChI=1S/C12H11F3N4O3/c13-12(14,15)6-22-9-4-2-1-3-8(9)21-5-10(20)18-11-16-7-17-19-11/h1-4,7H,5-6H2,(H2,16,17,18,19,20). The van der Waals surface area contributed by atoms with Crippen LogP contribution < -0.4 is 14.8 Å². The second-order valence-corrected chi connectivity index (χ2v) is 4.02. The molecule has 0 spiro atoms. The fraction of sp³-hybridized carbons (Fsp3) is 0.250. The molecule has 2 aromatic rings. The summed E-state index contributed by atoms with van der Waals surface area (Å²) in [7, 11) is 0. The topological polar surface area (TPSA) is 89.1 Å². The van der Waals surface area contributed by atoms with Crippen molar-refractivity contribution in [1.82, 2.24) is 15.2 Å². The number of rotatable bonds is 6. The number of benzene rings is 1. The molecule has 1 aromatic carbocycles. The van der Waals surface area contributed by atoms with Crippen molar-refractivity contribution in [2.24, 2.45) is 0 Å². The molecule has 0 atom stereocenters. The van der Waals surface area contributed by atoms with Gasteiger partial charge in [-0.1, -0.05) is 12.1 Å². The van der Waals surface area contributed by atoms with E-state index < -0.39 is 25.3 Å².